The van der Waals surface area contributed by atoms with E-state index in [-0.39, 0.29) is 6.54 Å². The summed E-state index contributed by atoms with van der Waals surface area (Å²) in [6.45, 7) is 0.619. The Kier molecular flexibility index (Phi) is 5.37. The van der Waals surface area contributed by atoms with Crippen molar-refractivity contribution in [2.24, 2.45) is 0 Å². The maximum Gasteiger partial charge on any atom is 0.293 e. The summed E-state index contributed by atoms with van der Waals surface area (Å²) < 4.78 is 16.2. The van der Waals surface area contributed by atoms with Crippen LogP contribution in [0.1, 0.15) is 16.7 Å². The Morgan fingerprint density at radius 3 is 2.38 bits per heavy atom. The van der Waals surface area contributed by atoms with Crippen LogP contribution in [-0.4, -0.2) is 20.6 Å². The van der Waals surface area contributed by atoms with Crippen LogP contribution < -0.4 is 0 Å². The SMILES string of the molecule is O=C1S/C(=C\c2cn(Cc3ccccc3)c3ccccc23)C(=O)N1Cc1ccccc1F. The van der Waals surface area contributed by atoms with Crippen molar-refractivity contribution in [1.29, 1.82) is 0 Å². The second-order valence-electron chi connectivity index (χ2n) is 7.57. The van der Waals surface area contributed by atoms with Gasteiger partial charge >= 0.3 is 0 Å². The molecule has 0 N–H and O–H groups in total. The van der Waals surface area contributed by atoms with Gasteiger partial charge in [-0.2, -0.15) is 0 Å². The van der Waals surface area contributed by atoms with Crippen LogP contribution in [0.4, 0.5) is 9.18 Å². The number of imide groups is 1. The van der Waals surface area contributed by atoms with Crippen LogP contribution >= 0.6 is 11.8 Å². The van der Waals surface area contributed by atoms with E-state index < -0.39 is 17.0 Å². The lowest BCUT2D eigenvalue weighted by atomic mass is 10.1. The molecule has 4 aromatic rings. The second kappa shape index (κ2) is 8.48. The molecule has 0 unspecified atom stereocenters. The van der Waals surface area contributed by atoms with Crippen molar-refractivity contribution in [2.75, 3.05) is 0 Å². The first kappa shape index (κ1) is 20.3. The number of halogens is 1. The molecule has 2 amide bonds. The molecule has 0 radical (unpaired) electrons. The third-order valence-corrected chi connectivity index (χ3v) is 6.37. The Labute approximate surface area is 189 Å². The maximum atomic E-state index is 14.0. The van der Waals surface area contributed by atoms with Crippen molar-refractivity contribution >= 4 is 39.9 Å². The predicted molar refractivity (Wildman–Crippen MR) is 125 cm³/mol. The van der Waals surface area contributed by atoms with E-state index in [2.05, 4.69) is 16.7 Å². The quantitative estimate of drug-likeness (QED) is 0.353. The standard InChI is InChI=1S/C26H19FN2O2S/c27-22-12-6-4-10-19(22)17-29-25(30)24(32-26(29)31)14-20-16-28(15-18-8-2-1-3-9-18)23-13-7-5-11-21(20)23/h1-14,16H,15,17H2/b24-14-. The molecule has 1 aromatic heterocycles. The molecule has 1 aliphatic heterocycles. The summed E-state index contributed by atoms with van der Waals surface area (Å²) in [6.07, 6.45) is 3.76. The van der Waals surface area contributed by atoms with Gasteiger partial charge in [-0.1, -0.05) is 66.7 Å². The van der Waals surface area contributed by atoms with Crippen molar-refractivity contribution in [3.05, 3.63) is 112 Å². The minimum absolute atomic E-state index is 0.0789. The highest BCUT2D eigenvalue weighted by atomic mass is 32.2. The number of hydrogen-bond acceptors (Lipinski definition) is 3. The number of rotatable bonds is 5. The second-order valence-corrected chi connectivity index (χ2v) is 8.57. The topological polar surface area (TPSA) is 42.3 Å². The summed E-state index contributed by atoms with van der Waals surface area (Å²) >= 11 is 0.890. The zero-order valence-electron chi connectivity index (χ0n) is 17.1. The van der Waals surface area contributed by atoms with Gasteiger partial charge < -0.3 is 4.57 Å². The van der Waals surface area contributed by atoms with Gasteiger partial charge in [0.2, 0.25) is 0 Å². The Morgan fingerprint density at radius 1 is 0.844 bits per heavy atom. The number of nitrogens with zero attached hydrogens (tertiary/aromatic N) is 2. The molecule has 158 valence electrons. The van der Waals surface area contributed by atoms with Crippen molar-refractivity contribution in [3.8, 4) is 0 Å². The maximum absolute atomic E-state index is 14.0. The minimum Gasteiger partial charge on any atom is -0.342 e. The van der Waals surface area contributed by atoms with Crippen molar-refractivity contribution in [1.82, 2.24) is 9.47 Å². The third-order valence-electron chi connectivity index (χ3n) is 5.46. The summed E-state index contributed by atoms with van der Waals surface area (Å²) in [6, 6.07) is 24.3. The first-order chi connectivity index (χ1) is 15.6. The van der Waals surface area contributed by atoms with E-state index in [0.717, 1.165) is 33.1 Å². The van der Waals surface area contributed by atoms with Gasteiger partial charge in [0.05, 0.1) is 11.4 Å². The van der Waals surface area contributed by atoms with Crippen LogP contribution in [0.3, 0.4) is 0 Å². The molecule has 0 bridgehead atoms. The molecule has 6 heteroatoms. The van der Waals surface area contributed by atoms with Crippen LogP contribution in [0.15, 0.2) is 90.0 Å². The van der Waals surface area contributed by atoms with E-state index in [0.29, 0.717) is 17.0 Å². The van der Waals surface area contributed by atoms with Gasteiger partial charge in [-0.15, -0.1) is 0 Å². The molecular formula is C26H19FN2O2S. The summed E-state index contributed by atoms with van der Waals surface area (Å²) in [5, 5.41) is 0.613. The van der Waals surface area contributed by atoms with Crippen LogP contribution in [0.5, 0.6) is 0 Å². The van der Waals surface area contributed by atoms with Gasteiger partial charge in [0.1, 0.15) is 5.82 Å². The number of aromatic nitrogens is 1. The summed E-state index contributed by atoms with van der Waals surface area (Å²) in [7, 11) is 0. The Balaban J connectivity index is 1.47. The fraction of sp³-hybridized carbons (Fsp3) is 0.0769. The molecule has 1 aliphatic rings. The molecule has 2 heterocycles. The van der Waals surface area contributed by atoms with Crippen LogP contribution in [-0.2, 0) is 17.9 Å². The predicted octanol–water partition coefficient (Wildman–Crippen LogP) is 6.07. The molecule has 32 heavy (non-hydrogen) atoms. The number of para-hydroxylation sites is 1. The highest BCUT2D eigenvalue weighted by Gasteiger charge is 2.35. The number of benzene rings is 3. The summed E-state index contributed by atoms with van der Waals surface area (Å²) in [5.41, 5.74) is 3.40. The highest BCUT2D eigenvalue weighted by Crippen LogP contribution is 2.35. The monoisotopic (exact) mass is 442 g/mol. The fourth-order valence-corrected chi connectivity index (χ4v) is 4.70. The zero-order valence-corrected chi connectivity index (χ0v) is 17.9. The van der Waals surface area contributed by atoms with Crippen LogP contribution in [0.2, 0.25) is 0 Å². The average molecular weight is 443 g/mol. The van der Waals surface area contributed by atoms with E-state index in [4.69, 9.17) is 0 Å². The van der Waals surface area contributed by atoms with E-state index in [1.807, 2.05) is 48.7 Å². The van der Waals surface area contributed by atoms with Crippen molar-refractivity contribution < 1.29 is 14.0 Å². The lowest BCUT2D eigenvalue weighted by molar-refractivity contribution is -0.123. The normalized spacial score (nSPS) is 15.3. The molecular weight excluding hydrogens is 423 g/mol. The molecule has 1 saturated heterocycles. The summed E-state index contributed by atoms with van der Waals surface area (Å²) in [5.74, 6) is -0.831. The Morgan fingerprint density at radius 2 is 1.56 bits per heavy atom. The van der Waals surface area contributed by atoms with Crippen LogP contribution in [0, 0.1) is 5.82 Å². The smallest absolute Gasteiger partial charge is 0.293 e. The van der Waals surface area contributed by atoms with Crippen molar-refractivity contribution in [2.45, 2.75) is 13.1 Å². The number of carbonyl (C=O) groups excluding carboxylic acids is 2. The van der Waals surface area contributed by atoms with E-state index in [1.54, 1.807) is 24.3 Å². The van der Waals surface area contributed by atoms with Crippen molar-refractivity contribution in [3.63, 3.8) is 0 Å². The number of amides is 2. The Hall–Kier alpha value is -3.64. The molecule has 0 atom stereocenters. The zero-order chi connectivity index (χ0) is 22.1. The van der Waals surface area contributed by atoms with Gasteiger partial charge in [0.25, 0.3) is 11.1 Å². The average Bonchev–Trinajstić information content (AvgIpc) is 3.28. The molecule has 4 nitrogen and oxygen atoms in total. The molecule has 0 saturated carbocycles. The van der Waals surface area contributed by atoms with E-state index in [1.165, 1.54) is 11.6 Å². The highest BCUT2D eigenvalue weighted by molar-refractivity contribution is 8.18. The molecule has 3 aromatic carbocycles. The van der Waals surface area contributed by atoms with Crippen LogP contribution in [0.25, 0.3) is 17.0 Å². The van der Waals surface area contributed by atoms with Gasteiger partial charge in [0, 0.05) is 34.8 Å². The number of hydrogen-bond donors (Lipinski definition) is 0. The lowest BCUT2D eigenvalue weighted by Crippen LogP contribution is -2.27. The molecule has 1 fully saturated rings. The minimum atomic E-state index is -0.431. The Bertz CT molecular complexity index is 1360. The molecule has 5 rings (SSSR count). The molecule has 0 aliphatic carbocycles. The largest absolute Gasteiger partial charge is 0.342 e. The van der Waals surface area contributed by atoms with Gasteiger partial charge in [-0.3, -0.25) is 14.5 Å². The first-order valence-electron chi connectivity index (χ1n) is 10.2. The van der Waals surface area contributed by atoms with E-state index in [9.17, 15) is 14.0 Å². The fourth-order valence-electron chi connectivity index (χ4n) is 3.88. The van der Waals surface area contributed by atoms with Gasteiger partial charge in [0.15, 0.2) is 0 Å². The molecule has 0 spiro atoms. The first-order valence-corrected chi connectivity index (χ1v) is 11.0. The number of thioether (sulfide) groups is 1. The number of fused-ring (bicyclic) bond motifs is 1. The lowest BCUT2D eigenvalue weighted by Gasteiger charge is -2.12. The third kappa shape index (κ3) is 3.85. The van der Waals surface area contributed by atoms with Gasteiger partial charge in [-0.05, 0) is 35.5 Å². The summed E-state index contributed by atoms with van der Waals surface area (Å²) in [4.78, 5) is 26.9. The van der Waals surface area contributed by atoms with E-state index >= 15 is 0 Å². The number of carbonyl (C=O) groups is 2. The van der Waals surface area contributed by atoms with Gasteiger partial charge in [-0.25, -0.2) is 4.39 Å².